The average Bonchev–Trinajstić information content (AvgIpc) is 2.57. The summed E-state index contributed by atoms with van der Waals surface area (Å²) in [7, 11) is 0. The molecule has 2 aliphatic heterocycles. The Morgan fingerprint density at radius 1 is 1.23 bits per heavy atom. The number of aromatic nitrogens is 1. The van der Waals surface area contributed by atoms with Gasteiger partial charge in [-0.15, -0.1) is 0 Å². The van der Waals surface area contributed by atoms with Crippen LogP contribution in [0.2, 0.25) is 0 Å². The molecule has 22 heavy (non-hydrogen) atoms. The standard InChI is InChI=1S/C17H26N4O/c22-17(13-14-4-9-18-10-5-14)20-15-6-11-21(12-7-15)16-3-1-2-8-19-16/h1-3,8,14-15,18H,4-7,9-13H2,(H,20,22). The molecule has 2 fully saturated rings. The zero-order valence-corrected chi connectivity index (χ0v) is 13.1. The van der Waals surface area contributed by atoms with Crippen molar-refractivity contribution >= 4 is 11.7 Å². The monoisotopic (exact) mass is 302 g/mol. The van der Waals surface area contributed by atoms with E-state index in [9.17, 15) is 4.79 Å². The minimum atomic E-state index is 0.239. The molecule has 0 spiro atoms. The Labute approximate surface area is 132 Å². The molecule has 1 amide bonds. The van der Waals surface area contributed by atoms with Crippen LogP contribution in [-0.2, 0) is 4.79 Å². The molecule has 0 aliphatic carbocycles. The number of hydrogen-bond acceptors (Lipinski definition) is 4. The molecule has 2 aliphatic rings. The predicted molar refractivity (Wildman–Crippen MR) is 87.8 cm³/mol. The van der Waals surface area contributed by atoms with Crippen LogP contribution in [-0.4, -0.2) is 43.1 Å². The van der Waals surface area contributed by atoms with Gasteiger partial charge in [0.15, 0.2) is 0 Å². The van der Waals surface area contributed by atoms with E-state index in [4.69, 9.17) is 0 Å². The lowest BCUT2D eigenvalue weighted by Gasteiger charge is -2.33. The van der Waals surface area contributed by atoms with Crippen molar-refractivity contribution in [2.75, 3.05) is 31.1 Å². The lowest BCUT2D eigenvalue weighted by atomic mass is 9.94. The predicted octanol–water partition coefficient (Wildman–Crippen LogP) is 1.56. The molecule has 1 aromatic heterocycles. The van der Waals surface area contributed by atoms with Crippen molar-refractivity contribution in [3.05, 3.63) is 24.4 Å². The van der Waals surface area contributed by atoms with Gasteiger partial charge in [-0.3, -0.25) is 4.79 Å². The van der Waals surface area contributed by atoms with E-state index in [1.807, 2.05) is 18.3 Å². The molecule has 3 rings (SSSR count). The number of nitrogens with one attached hydrogen (secondary N) is 2. The SMILES string of the molecule is O=C(CC1CCNCC1)NC1CCN(c2ccccn2)CC1. The largest absolute Gasteiger partial charge is 0.356 e. The summed E-state index contributed by atoms with van der Waals surface area (Å²) in [5.41, 5.74) is 0. The molecule has 0 saturated carbocycles. The van der Waals surface area contributed by atoms with Crippen LogP contribution in [0.5, 0.6) is 0 Å². The highest BCUT2D eigenvalue weighted by atomic mass is 16.1. The smallest absolute Gasteiger partial charge is 0.220 e. The summed E-state index contributed by atoms with van der Waals surface area (Å²) in [6.07, 6.45) is 6.81. The number of piperidine rings is 2. The molecule has 2 saturated heterocycles. The Morgan fingerprint density at radius 3 is 2.68 bits per heavy atom. The van der Waals surface area contributed by atoms with E-state index in [0.29, 0.717) is 18.4 Å². The van der Waals surface area contributed by atoms with Crippen LogP contribution in [0, 0.1) is 5.92 Å². The fraction of sp³-hybridized carbons (Fsp3) is 0.647. The zero-order valence-electron chi connectivity index (χ0n) is 13.1. The average molecular weight is 302 g/mol. The van der Waals surface area contributed by atoms with Gasteiger partial charge in [-0.1, -0.05) is 6.07 Å². The van der Waals surface area contributed by atoms with Gasteiger partial charge in [0, 0.05) is 31.7 Å². The summed E-state index contributed by atoms with van der Waals surface area (Å²) < 4.78 is 0. The van der Waals surface area contributed by atoms with Crippen LogP contribution >= 0.6 is 0 Å². The summed E-state index contributed by atoms with van der Waals surface area (Å²) >= 11 is 0. The Morgan fingerprint density at radius 2 is 2.00 bits per heavy atom. The Hall–Kier alpha value is -1.62. The number of pyridine rings is 1. The maximum atomic E-state index is 12.2. The summed E-state index contributed by atoms with van der Waals surface area (Å²) in [6, 6.07) is 6.34. The van der Waals surface area contributed by atoms with E-state index in [-0.39, 0.29) is 5.91 Å². The summed E-state index contributed by atoms with van der Waals surface area (Å²) in [5.74, 6) is 1.85. The third-order valence-electron chi connectivity index (χ3n) is 4.77. The van der Waals surface area contributed by atoms with Gasteiger partial charge in [-0.05, 0) is 56.8 Å². The number of carbonyl (C=O) groups excluding carboxylic acids is 1. The Bertz CT molecular complexity index is 465. The molecular formula is C17H26N4O. The molecule has 0 unspecified atom stereocenters. The van der Waals surface area contributed by atoms with E-state index >= 15 is 0 Å². The van der Waals surface area contributed by atoms with E-state index in [2.05, 4.69) is 26.6 Å². The minimum Gasteiger partial charge on any atom is -0.356 e. The molecular weight excluding hydrogens is 276 g/mol. The Balaban J connectivity index is 1.41. The van der Waals surface area contributed by atoms with E-state index < -0.39 is 0 Å². The first kappa shape index (κ1) is 15.3. The number of rotatable bonds is 4. The molecule has 0 atom stereocenters. The van der Waals surface area contributed by atoms with E-state index in [1.165, 1.54) is 0 Å². The van der Waals surface area contributed by atoms with Crippen molar-refractivity contribution in [3.8, 4) is 0 Å². The number of nitrogens with zero attached hydrogens (tertiary/aromatic N) is 2. The topological polar surface area (TPSA) is 57.3 Å². The second kappa shape index (κ2) is 7.58. The highest BCUT2D eigenvalue weighted by Gasteiger charge is 2.23. The van der Waals surface area contributed by atoms with Crippen LogP contribution in [0.15, 0.2) is 24.4 Å². The normalized spacial score (nSPS) is 20.8. The van der Waals surface area contributed by atoms with Gasteiger partial charge in [-0.2, -0.15) is 0 Å². The number of anilines is 1. The number of hydrogen-bond donors (Lipinski definition) is 2. The van der Waals surface area contributed by atoms with E-state index in [0.717, 1.165) is 57.7 Å². The molecule has 5 nitrogen and oxygen atoms in total. The van der Waals surface area contributed by atoms with Gasteiger partial charge >= 0.3 is 0 Å². The van der Waals surface area contributed by atoms with Crippen LogP contribution in [0.25, 0.3) is 0 Å². The third kappa shape index (κ3) is 4.19. The van der Waals surface area contributed by atoms with Gasteiger partial charge in [0.2, 0.25) is 5.91 Å². The second-order valence-corrected chi connectivity index (χ2v) is 6.41. The van der Waals surface area contributed by atoms with Crippen LogP contribution in [0.3, 0.4) is 0 Å². The first-order valence-electron chi connectivity index (χ1n) is 8.47. The molecule has 0 bridgehead atoms. The first-order valence-corrected chi connectivity index (χ1v) is 8.47. The minimum absolute atomic E-state index is 0.239. The summed E-state index contributed by atoms with van der Waals surface area (Å²) in [5, 5.41) is 6.58. The Kier molecular flexibility index (Phi) is 5.27. The summed E-state index contributed by atoms with van der Waals surface area (Å²) in [4.78, 5) is 18.9. The van der Waals surface area contributed by atoms with Gasteiger partial charge < -0.3 is 15.5 Å². The van der Waals surface area contributed by atoms with E-state index in [1.54, 1.807) is 0 Å². The fourth-order valence-corrected chi connectivity index (χ4v) is 3.43. The van der Waals surface area contributed by atoms with Crippen molar-refractivity contribution in [3.63, 3.8) is 0 Å². The van der Waals surface area contributed by atoms with Crippen LogP contribution < -0.4 is 15.5 Å². The molecule has 5 heteroatoms. The van der Waals surface area contributed by atoms with Crippen molar-refractivity contribution in [1.29, 1.82) is 0 Å². The molecule has 120 valence electrons. The van der Waals surface area contributed by atoms with Gasteiger partial charge in [0.25, 0.3) is 0 Å². The molecule has 0 radical (unpaired) electrons. The molecule has 0 aromatic carbocycles. The maximum absolute atomic E-state index is 12.2. The third-order valence-corrected chi connectivity index (χ3v) is 4.77. The lowest BCUT2D eigenvalue weighted by Crippen LogP contribution is -2.45. The van der Waals surface area contributed by atoms with Crippen molar-refractivity contribution in [2.24, 2.45) is 5.92 Å². The van der Waals surface area contributed by atoms with Crippen LogP contribution in [0.1, 0.15) is 32.1 Å². The molecule has 3 heterocycles. The first-order chi connectivity index (χ1) is 10.8. The highest BCUT2D eigenvalue weighted by molar-refractivity contribution is 5.76. The van der Waals surface area contributed by atoms with Crippen molar-refractivity contribution in [2.45, 2.75) is 38.1 Å². The fourth-order valence-electron chi connectivity index (χ4n) is 3.43. The van der Waals surface area contributed by atoms with Gasteiger partial charge in [-0.25, -0.2) is 4.98 Å². The van der Waals surface area contributed by atoms with Crippen LogP contribution in [0.4, 0.5) is 5.82 Å². The molecule has 1 aromatic rings. The molecule has 2 N–H and O–H groups in total. The van der Waals surface area contributed by atoms with Gasteiger partial charge in [0.1, 0.15) is 5.82 Å². The van der Waals surface area contributed by atoms with Gasteiger partial charge in [0.05, 0.1) is 0 Å². The maximum Gasteiger partial charge on any atom is 0.220 e. The number of carbonyl (C=O) groups is 1. The summed E-state index contributed by atoms with van der Waals surface area (Å²) in [6.45, 7) is 4.05. The van der Waals surface area contributed by atoms with Crippen molar-refractivity contribution < 1.29 is 4.79 Å². The number of amides is 1. The van der Waals surface area contributed by atoms with Crippen molar-refractivity contribution in [1.82, 2.24) is 15.6 Å². The zero-order chi connectivity index (χ0) is 15.2. The lowest BCUT2D eigenvalue weighted by molar-refractivity contribution is -0.123. The second-order valence-electron chi connectivity index (χ2n) is 6.41. The highest BCUT2D eigenvalue weighted by Crippen LogP contribution is 2.19. The quantitative estimate of drug-likeness (QED) is 0.886.